The molecule has 30 heavy (non-hydrogen) atoms. The molecule has 0 aliphatic carbocycles. The van der Waals surface area contributed by atoms with Crippen LogP contribution in [0.1, 0.15) is 29.8 Å². The maximum atomic E-state index is 12.9. The summed E-state index contributed by atoms with van der Waals surface area (Å²) in [5, 5.41) is 16.2. The van der Waals surface area contributed by atoms with Crippen LogP contribution in [0.3, 0.4) is 0 Å². The second-order valence-electron chi connectivity index (χ2n) is 6.83. The third-order valence-electron chi connectivity index (χ3n) is 4.83. The van der Waals surface area contributed by atoms with Gasteiger partial charge >= 0.3 is 6.36 Å². The van der Waals surface area contributed by atoms with Gasteiger partial charge in [0.05, 0.1) is 23.0 Å². The molecule has 0 unspecified atom stereocenters. The number of H-pyrrole nitrogens is 1. The van der Waals surface area contributed by atoms with E-state index in [0.29, 0.717) is 35.4 Å². The molecular formula is C19H19F3N4O3S. The minimum atomic E-state index is -4.79. The Morgan fingerprint density at radius 2 is 1.80 bits per heavy atom. The first-order chi connectivity index (χ1) is 14.0. The van der Waals surface area contributed by atoms with Gasteiger partial charge in [-0.2, -0.15) is 14.7 Å². The number of hydrogen-bond donors (Lipinski definition) is 1. The summed E-state index contributed by atoms with van der Waals surface area (Å²) in [4.78, 5) is 0.163. The molecule has 1 fully saturated rings. The van der Waals surface area contributed by atoms with Crippen molar-refractivity contribution in [1.82, 2.24) is 14.5 Å². The number of sulfonamides is 1. The summed E-state index contributed by atoms with van der Waals surface area (Å²) in [6.45, 7) is 3.65. The van der Waals surface area contributed by atoms with Gasteiger partial charge in [0.25, 0.3) is 0 Å². The molecule has 0 bridgehead atoms. The number of rotatable bonds is 4. The predicted molar refractivity (Wildman–Crippen MR) is 102 cm³/mol. The third kappa shape index (κ3) is 4.49. The van der Waals surface area contributed by atoms with Gasteiger partial charge in [-0.25, -0.2) is 8.42 Å². The normalized spacial score (nSPS) is 15.7. The zero-order valence-electron chi connectivity index (χ0n) is 16.2. The fourth-order valence-corrected chi connectivity index (χ4v) is 5.24. The number of nitriles is 1. The summed E-state index contributed by atoms with van der Waals surface area (Å²) in [5.41, 5.74) is 2.41. The van der Waals surface area contributed by atoms with Crippen molar-refractivity contribution in [3.05, 3.63) is 46.8 Å². The lowest BCUT2D eigenvalue weighted by molar-refractivity contribution is -0.274. The number of hydrogen-bond acceptors (Lipinski definition) is 5. The van der Waals surface area contributed by atoms with Crippen LogP contribution in [0, 0.1) is 25.2 Å². The summed E-state index contributed by atoms with van der Waals surface area (Å²) < 4.78 is 68.0. The van der Waals surface area contributed by atoms with Crippen LogP contribution in [0.5, 0.6) is 5.75 Å². The van der Waals surface area contributed by atoms with E-state index in [-0.39, 0.29) is 23.7 Å². The summed E-state index contributed by atoms with van der Waals surface area (Å²) in [5.74, 6) is -0.375. The zero-order chi connectivity index (χ0) is 22.1. The average Bonchev–Trinajstić information content (AvgIpc) is 3.02. The Morgan fingerprint density at radius 1 is 1.20 bits per heavy atom. The van der Waals surface area contributed by atoms with Gasteiger partial charge in [0.1, 0.15) is 10.6 Å². The van der Waals surface area contributed by atoms with Crippen molar-refractivity contribution in [2.24, 2.45) is 0 Å². The molecule has 0 atom stereocenters. The van der Waals surface area contributed by atoms with Crippen molar-refractivity contribution in [3.63, 3.8) is 0 Å². The molecular weight excluding hydrogens is 421 g/mol. The zero-order valence-corrected chi connectivity index (χ0v) is 17.1. The standard InChI is InChI=1S/C19H19F3N4O3S/c1-12-18(13(2)25-24-12)30(27,28)26-9-7-15(8-10-26)17(11-23)14-3-5-16(6-4-14)29-19(20,21)22/h3-6H,7-10H2,1-2H3,(H,24,25). The van der Waals surface area contributed by atoms with Crippen LogP contribution in [0.2, 0.25) is 0 Å². The van der Waals surface area contributed by atoms with Crippen LogP contribution < -0.4 is 4.74 Å². The fourth-order valence-electron chi connectivity index (χ4n) is 3.47. The lowest BCUT2D eigenvalue weighted by Crippen LogP contribution is -2.37. The van der Waals surface area contributed by atoms with Gasteiger partial charge < -0.3 is 4.74 Å². The van der Waals surface area contributed by atoms with Crippen LogP contribution in [0.4, 0.5) is 13.2 Å². The smallest absolute Gasteiger partial charge is 0.406 e. The molecule has 1 N–H and O–H groups in total. The molecule has 1 saturated heterocycles. The van der Waals surface area contributed by atoms with Crippen LogP contribution in [0.15, 0.2) is 34.7 Å². The summed E-state index contributed by atoms with van der Waals surface area (Å²) in [7, 11) is -3.71. The lowest BCUT2D eigenvalue weighted by Gasteiger charge is -2.28. The maximum Gasteiger partial charge on any atom is 0.573 e. The van der Waals surface area contributed by atoms with Gasteiger partial charge in [0.15, 0.2) is 0 Å². The highest BCUT2D eigenvalue weighted by molar-refractivity contribution is 7.89. The number of halogens is 3. The van der Waals surface area contributed by atoms with Crippen molar-refractivity contribution in [2.75, 3.05) is 13.1 Å². The Morgan fingerprint density at radius 3 is 2.27 bits per heavy atom. The minimum absolute atomic E-state index is 0.163. The monoisotopic (exact) mass is 440 g/mol. The Kier molecular flexibility index (Phi) is 5.92. The first-order valence-electron chi connectivity index (χ1n) is 9.03. The molecule has 11 heteroatoms. The number of aromatic amines is 1. The number of nitrogens with one attached hydrogen (secondary N) is 1. The molecule has 3 rings (SSSR count). The second-order valence-corrected chi connectivity index (χ2v) is 8.70. The van der Waals surface area contributed by atoms with E-state index < -0.39 is 16.4 Å². The van der Waals surface area contributed by atoms with E-state index in [9.17, 15) is 26.9 Å². The average molecular weight is 440 g/mol. The van der Waals surface area contributed by atoms with Crippen LogP contribution >= 0.6 is 0 Å². The molecule has 2 aromatic rings. The van der Waals surface area contributed by atoms with Crippen molar-refractivity contribution in [1.29, 1.82) is 5.26 Å². The topological polar surface area (TPSA) is 99.1 Å². The quantitative estimate of drug-likeness (QED) is 0.731. The van der Waals surface area contributed by atoms with Crippen molar-refractivity contribution < 1.29 is 26.3 Å². The van der Waals surface area contributed by atoms with E-state index in [1.807, 2.05) is 0 Å². The van der Waals surface area contributed by atoms with Gasteiger partial charge in [-0.1, -0.05) is 0 Å². The Hall–Kier alpha value is -2.84. The van der Waals surface area contributed by atoms with Gasteiger partial charge in [0, 0.05) is 13.1 Å². The van der Waals surface area contributed by atoms with Gasteiger partial charge in [-0.15, -0.1) is 13.2 Å². The fraction of sp³-hybridized carbons (Fsp3) is 0.368. The molecule has 1 aliphatic heterocycles. The predicted octanol–water partition coefficient (Wildman–Crippen LogP) is 3.69. The number of aromatic nitrogens is 2. The second kappa shape index (κ2) is 8.12. The van der Waals surface area contributed by atoms with E-state index in [2.05, 4.69) is 21.0 Å². The highest BCUT2D eigenvalue weighted by Gasteiger charge is 2.33. The molecule has 0 radical (unpaired) electrons. The number of allylic oxidation sites excluding steroid dienone is 1. The Labute approximate surface area is 171 Å². The minimum Gasteiger partial charge on any atom is -0.406 e. The first-order valence-corrected chi connectivity index (χ1v) is 10.5. The third-order valence-corrected chi connectivity index (χ3v) is 6.99. The van der Waals surface area contributed by atoms with E-state index in [0.717, 1.165) is 17.7 Å². The van der Waals surface area contributed by atoms with E-state index in [1.54, 1.807) is 13.8 Å². The van der Waals surface area contributed by atoms with Crippen LogP contribution in [0.25, 0.3) is 5.57 Å². The molecule has 2 heterocycles. The van der Waals surface area contributed by atoms with E-state index >= 15 is 0 Å². The summed E-state index contributed by atoms with van der Waals surface area (Å²) >= 11 is 0. The summed E-state index contributed by atoms with van der Waals surface area (Å²) in [6, 6.07) is 7.14. The van der Waals surface area contributed by atoms with Crippen molar-refractivity contribution in [2.45, 2.75) is 37.9 Å². The first kappa shape index (κ1) is 21.9. The number of nitrogens with zero attached hydrogens (tertiary/aromatic N) is 3. The highest BCUT2D eigenvalue weighted by atomic mass is 32.2. The Bertz CT molecular complexity index is 1080. The summed E-state index contributed by atoms with van der Waals surface area (Å²) in [6.07, 6.45) is -4.10. The van der Waals surface area contributed by atoms with Crippen LogP contribution in [-0.4, -0.2) is 42.4 Å². The van der Waals surface area contributed by atoms with E-state index in [1.165, 1.54) is 16.4 Å². The number of aryl methyl sites for hydroxylation is 2. The van der Waals surface area contributed by atoms with E-state index in [4.69, 9.17) is 0 Å². The van der Waals surface area contributed by atoms with Crippen molar-refractivity contribution >= 4 is 15.6 Å². The molecule has 0 amide bonds. The maximum absolute atomic E-state index is 12.9. The SMILES string of the molecule is Cc1n[nH]c(C)c1S(=O)(=O)N1CCC(=C(C#N)c2ccc(OC(F)(F)F)cc2)CC1. The highest BCUT2D eigenvalue weighted by Crippen LogP contribution is 2.31. The van der Waals surface area contributed by atoms with Gasteiger partial charge in [-0.3, -0.25) is 5.10 Å². The van der Waals surface area contributed by atoms with Crippen molar-refractivity contribution in [3.8, 4) is 11.8 Å². The molecule has 1 aromatic heterocycles. The molecule has 0 spiro atoms. The molecule has 0 saturated carbocycles. The largest absolute Gasteiger partial charge is 0.573 e. The van der Waals surface area contributed by atoms with Crippen LogP contribution in [-0.2, 0) is 10.0 Å². The number of piperidine rings is 1. The number of alkyl halides is 3. The number of benzene rings is 1. The van der Waals surface area contributed by atoms with Gasteiger partial charge in [0.2, 0.25) is 10.0 Å². The number of ether oxygens (including phenoxy) is 1. The molecule has 7 nitrogen and oxygen atoms in total. The van der Waals surface area contributed by atoms with Gasteiger partial charge in [-0.05, 0) is 62.1 Å². The molecule has 160 valence electrons. The molecule has 1 aliphatic rings. The molecule has 1 aromatic carbocycles. The lowest BCUT2D eigenvalue weighted by atomic mass is 9.94. The Balaban J connectivity index is 1.79.